The van der Waals surface area contributed by atoms with Crippen LogP contribution in [-0.4, -0.2) is 29.6 Å². The van der Waals surface area contributed by atoms with E-state index < -0.39 is 17.5 Å². The molecule has 0 aliphatic rings. The van der Waals surface area contributed by atoms with Crippen LogP contribution < -0.4 is 0 Å². The Balaban J connectivity index is 2.19. The predicted octanol–water partition coefficient (Wildman–Crippen LogP) is 3.09. The van der Waals surface area contributed by atoms with Crippen molar-refractivity contribution in [2.45, 2.75) is 18.9 Å². The maximum absolute atomic E-state index is 13.7. The van der Waals surface area contributed by atoms with Crippen LogP contribution in [0.2, 0.25) is 0 Å². The van der Waals surface area contributed by atoms with Gasteiger partial charge < -0.3 is 10.0 Å². The summed E-state index contributed by atoms with van der Waals surface area (Å²) in [5.41, 5.74) is 0.631. The summed E-state index contributed by atoms with van der Waals surface area (Å²) in [6.45, 7) is -0.0920. The number of benzene rings is 2. The van der Waals surface area contributed by atoms with Gasteiger partial charge in [-0.1, -0.05) is 36.4 Å². The molecule has 1 amide bonds. The number of hydrogen-bond donors (Lipinski definition) is 1. The number of amides is 1. The summed E-state index contributed by atoms with van der Waals surface area (Å²) in [6.07, 6.45) is -0.00419. The SMILES string of the molecule is CN(C(=O)Cc1c(F)cccc1F)C(CCO)c1ccccc1. The minimum Gasteiger partial charge on any atom is -0.396 e. The Bertz CT molecular complexity index is 641. The normalized spacial score (nSPS) is 12.0. The van der Waals surface area contributed by atoms with E-state index in [4.69, 9.17) is 0 Å². The summed E-state index contributed by atoms with van der Waals surface area (Å²) >= 11 is 0. The van der Waals surface area contributed by atoms with Gasteiger partial charge in [0.15, 0.2) is 0 Å². The molecule has 1 unspecified atom stereocenters. The molecule has 0 heterocycles. The number of rotatable bonds is 6. The van der Waals surface area contributed by atoms with Gasteiger partial charge in [0.05, 0.1) is 12.5 Å². The lowest BCUT2D eigenvalue weighted by molar-refractivity contribution is -0.131. The monoisotopic (exact) mass is 319 g/mol. The van der Waals surface area contributed by atoms with Crippen LogP contribution in [0.5, 0.6) is 0 Å². The van der Waals surface area contributed by atoms with E-state index in [0.717, 1.165) is 17.7 Å². The van der Waals surface area contributed by atoms with E-state index in [1.807, 2.05) is 30.3 Å². The van der Waals surface area contributed by atoms with Crippen LogP contribution in [0, 0.1) is 11.6 Å². The lowest BCUT2D eigenvalue weighted by Gasteiger charge is -2.28. The molecule has 2 aromatic carbocycles. The third-order valence-corrected chi connectivity index (χ3v) is 3.84. The van der Waals surface area contributed by atoms with Crippen molar-refractivity contribution in [1.29, 1.82) is 0 Å². The van der Waals surface area contributed by atoms with Crippen molar-refractivity contribution < 1.29 is 18.7 Å². The zero-order valence-electron chi connectivity index (χ0n) is 12.9. The van der Waals surface area contributed by atoms with Gasteiger partial charge in [0.2, 0.25) is 5.91 Å². The van der Waals surface area contributed by atoms with Crippen molar-refractivity contribution >= 4 is 5.91 Å². The van der Waals surface area contributed by atoms with Gasteiger partial charge in [-0.15, -0.1) is 0 Å². The fourth-order valence-corrected chi connectivity index (χ4v) is 2.53. The summed E-state index contributed by atoms with van der Waals surface area (Å²) in [7, 11) is 1.58. The van der Waals surface area contributed by atoms with Gasteiger partial charge in [-0.2, -0.15) is 0 Å². The predicted molar refractivity (Wildman–Crippen MR) is 83.7 cm³/mol. The maximum Gasteiger partial charge on any atom is 0.227 e. The lowest BCUT2D eigenvalue weighted by Crippen LogP contribution is -2.33. The number of aliphatic hydroxyl groups excluding tert-OH is 1. The number of halogens is 2. The van der Waals surface area contributed by atoms with E-state index in [1.165, 1.54) is 11.0 Å². The molecule has 0 aliphatic carbocycles. The summed E-state index contributed by atoms with van der Waals surface area (Å²) in [5, 5.41) is 9.25. The van der Waals surface area contributed by atoms with Gasteiger partial charge in [0, 0.05) is 19.2 Å². The Labute approximate surface area is 134 Å². The summed E-state index contributed by atoms with van der Waals surface area (Å²) in [6, 6.07) is 12.4. The highest BCUT2D eigenvalue weighted by atomic mass is 19.1. The molecule has 0 bridgehead atoms. The van der Waals surface area contributed by atoms with Crippen molar-refractivity contribution in [3.05, 3.63) is 71.3 Å². The minimum absolute atomic E-state index is 0.0920. The number of aliphatic hydroxyl groups is 1. The van der Waals surface area contributed by atoms with Crippen molar-refractivity contribution in [2.24, 2.45) is 0 Å². The molecule has 0 fully saturated rings. The quantitative estimate of drug-likeness (QED) is 0.889. The first-order chi connectivity index (χ1) is 11.0. The summed E-state index contributed by atoms with van der Waals surface area (Å²) in [5.74, 6) is -1.87. The molecule has 3 nitrogen and oxygen atoms in total. The molecule has 5 heteroatoms. The average Bonchev–Trinajstić information content (AvgIpc) is 2.56. The highest BCUT2D eigenvalue weighted by molar-refractivity contribution is 5.79. The molecule has 1 N–H and O–H groups in total. The molecule has 0 spiro atoms. The van der Waals surface area contributed by atoms with Gasteiger partial charge in [0.1, 0.15) is 11.6 Å². The Morgan fingerprint density at radius 1 is 1.09 bits per heavy atom. The Morgan fingerprint density at radius 3 is 2.26 bits per heavy atom. The Hall–Kier alpha value is -2.27. The molecule has 122 valence electrons. The van der Waals surface area contributed by atoms with Gasteiger partial charge in [-0.05, 0) is 24.1 Å². The second-order valence-corrected chi connectivity index (χ2v) is 5.32. The standard InChI is InChI=1S/C18H19F2NO2/c1-21(17(10-11-22)13-6-3-2-4-7-13)18(23)12-14-15(19)8-5-9-16(14)20/h2-9,17,22H,10-12H2,1H3. The summed E-state index contributed by atoms with van der Waals surface area (Å²) < 4.78 is 27.4. The topological polar surface area (TPSA) is 40.5 Å². The van der Waals surface area contributed by atoms with E-state index in [2.05, 4.69) is 0 Å². The number of hydrogen-bond acceptors (Lipinski definition) is 2. The Morgan fingerprint density at radius 2 is 1.70 bits per heavy atom. The number of carbonyl (C=O) groups is 1. The molecular formula is C18H19F2NO2. The molecule has 23 heavy (non-hydrogen) atoms. The molecule has 2 aromatic rings. The Kier molecular flexibility index (Phi) is 5.82. The fourth-order valence-electron chi connectivity index (χ4n) is 2.53. The highest BCUT2D eigenvalue weighted by Crippen LogP contribution is 2.24. The van der Waals surface area contributed by atoms with Crippen LogP contribution in [0.1, 0.15) is 23.6 Å². The molecule has 1 atom stereocenters. The molecule has 0 radical (unpaired) electrons. The van der Waals surface area contributed by atoms with Gasteiger partial charge in [0.25, 0.3) is 0 Å². The highest BCUT2D eigenvalue weighted by Gasteiger charge is 2.23. The van der Waals surface area contributed by atoms with E-state index in [-0.39, 0.29) is 24.6 Å². The second kappa shape index (κ2) is 7.83. The first-order valence-electron chi connectivity index (χ1n) is 7.39. The molecular weight excluding hydrogens is 300 g/mol. The molecule has 0 saturated carbocycles. The van der Waals surface area contributed by atoms with Gasteiger partial charge in [-0.25, -0.2) is 8.78 Å². The van der Waals surface area contributed by atoms with Crippen LogP contribution in [0.25, 0.3) is 0 Å². The number of likely N-dealkylation sites (N-methyl/N-ethyl adjacent to an activating group) is 1. The van der Waals surface area contributed by atoms with Gasteiger partial charge in [-0.3, -0.25) is 4.79 Å². The van der Waals surface area contributed by atoms with Crippen LogP contribution in [0.3, 0.4) is 0 Å². The third-order valence-electron chi connectivity index (χ3n) is 3.84. The van der Waals surface area contributed by atoms with Gasteiger partial charge >= 0.3 is 0 Å². The average molecular weight is 319 g/mol. The van der Waals surface area contributed by atoms with Crippen LogP contribution in [0.15, 0.2) is 48.5 Å². The maximum atomic E-state index is 13.7. The van der Waals surface area contributed by atoms with Crippen molar-refractivity contribution in [3.63, 3.8) is 0 Å². The largest absolute Gasteiger partial charge is 0.396 e. The number of carbonyl (C=O) groups excluding carboxylic acids is 1. The van der Waals surface area contributed by atoms with E-state index >= 15 is 0 Å². The first-order valence-corrected chi connectivity index (χ1v) is 7.39. The van der Waals surface area contributed by atoms with Crippen LogP contribution >= 0.6 is 0 Å². The van der Waals surface area contributed by atoms with E-state index in [1.54, 1.807) is 7.05 Å². The van der Waals surface area contributed by atoms with E-state index in [9.17, 15) is 18.7 Å². The molecule has 0 saturated heterocycles. The molecule has 0 aromatic heterocycles. The van der Waals surface area contributed by atoms with Crippen molar-refractivity contribution in [2.75, 3.05) is 13.7 Å². The molecule has 0 aliphatic heterocycles. The van der Waals surface area contributed by atoms with Crippen molar-refractivity contribution in [1.82, 2.24) is 4.90 Å². The smallest absolute Gasteiger partial charge is 0.227 e. The van der Waals surface area contributed by atoms with Crippen LogP contribution in [-0.2, 0) is 11.2 Å². The zero-order valence-corrected chi connectivity index (χ0v) is 12.9. The number of nitrogens with zero attached hydrogens (tertiary/aromatic N) is 1. The first kappa shape index (κ1) is 17.1. The molecule has 2 rings (SSSR count). The van der Waals surface area contributed by atoms with Crippen LogP contribution in [0.4, 0.5) is 8.78 Å². The summed E-state index contributed by atoms with van der Waals surface area (Å²) in [4.78, 5) is 13.8. The van der Waals surface area contributed by atoms with E-state index in [0.29, 0.717) is 6.42 Å². The van der Waals surface area contributed by atoms with Crippen molar-refractivity contribution in [3.8, 4) is 0 Å². The fraction of sp³-hybridized carbons (Fsp3) is 0.278. The second-order valence-electron chi connectivity index (χ2n) is 5.32. The lowest BCUT2D eigenvalue weighted by atomic mass is 10.0. The minimum atomic E-state index is -0.731. The third kappa shape index (κ3) is 4.13. The zero-order chi connectivity index (χ0) is 16.8.